The van der Waals surface area contributed by atoms with Crippen LogP contribution in [0.25, 0.3) is 0 Å². The van der Waals surface area contributed by atoms with Gasteiger partial charge in [0.05, 0.1) is 0 Å². The molecule has 2 aromatic carbocycles. The first-order valence-corrected chi connectivity index (χ1v) is 8.87. The number of rotatable bonds is 3. The zero-order valence-electron chi connectivity index (χ0n) is 14.1. The number of halogens is 1. The summed E-state index contributed by atoms with van der Waals surface area (Å²) >= 11 is 0. The molecule has 2 heterocycles. The molecule has 0 atom stereocenters. The molecular weight excluding hydrogens is 317 g/mol. The van der Waals surface area contributed by atoms with Crippen molar-refractivity contribution in [1.82, 2.24) is 10.6 Å². The zero-order chi connectivity index (χ0) is 17.2. The van der Waals surface area contributed by atoms with Crippen molar-refractivity contribution in [3.63, 3.8) is 0 Å². The van der Waals surface area contributed by atoms with Gasteiger partial charge in [0.15, 0.2) is 0 Å². The Morgan fingerprint density at radius 2 is 2.08 bits per heavy atom. The molecule has 0 aromatic heterocycles. The van der Waals surface area contributed by atoms with E-state index < -0.39 is 0 Å². The molecule has 130 valence electrons. The SMILES string of the molecule is O=C(NCc1cccc2c1CCCN2)c1cc(F)cc2c1CNCC2. The van der Waals surface area contributed by atoms with Crippen molar-refractivity contribution in [2.75, 3.05) is 18.4 Å². The van der Waals surface area contributed by atoms with Gasteiger partial charge in [-0.1, -0.05) is 12.1 Å². The highest BCUT2D eigenvalue weighted by Crippen LogP contribution is 2.25. The number of fused-ring (bicyclic) bond motifs is 2. The molecule has 3 N–H and O–H groups in total. The molecule has 5 heteroatoms. The fourth-order valence-electron chi connectivity index (χ4n) is 3.78. The van der Waals surface area contributed by atoms with Gasteiger partial charge in [0.2, 0.25) is 0 Å². The van der Waals surface area contributed by atoms with Gasteiger partial charge in [-0.2, -0.15) is 0 Å². The van der Waals surface area contributed by atoms with E-state index in [1.54, 1.807) is 6.07 Å². The van der Waals surface area contributed by atoms with Gasteiger partial charge >= 0.3 is 0 Å². The first-order valence-electron chi connectivity index (χ1n) is 8.87. The molecule has 4 nitrogen and oxygen atoms in total. The molecule has 0 spiro atoms. The number of hydrogen-bond acceptors (Lipinski definition) is 3. The Labute approximate surface area is 146 Å². The van der Waals surface area contributed by atoms with Crippen LogP contribution in [-0.4, -0.2) is 19.0 Å². The molecule has 2 aromatic rings. The molecular formula is C20H22FN3O. The minimum Gasteiger partial charge on any atom is -0.385 e. The fourth-order valence-corrected chi connectivity index (χ4v) is 3.78. The van der Waals surface area contributed by atoms with Crippen LogP contribution in [0.2, 0.25) is 0 Å². The van der Waals surface area contributed by atoms with E-state index in [4.69, 9.17) is 0 Å². The van der Waals surface area contributed by atoms with Gasteiger partial charge in [0, 0.05) is 30.9 Å². The lowest BCUT2D eigenvalue weighted by atomic mass is 9.94. The second-order valence-corrected chi connectivity index (χ2v) is 6.67. The number of anilines is 1. The molecule has 0 unspecified atom stereocenters. The number of carbonyl (C=O) groups is 1. The number of hydrogen-bond donors (Lipinski definition) is 3. The minimum absolute atomic E-state index is 0.208. The zero-order valence-corrected chi connectivity index (χ0v) is 14.1. The second-order valence-electron chi connectivity index (χ2n) is 6.67. The predicted octanol–water partition coefficient (Wildman–Crippen LogP) is 2.76. The van der Waals surface area contributed by atoms with Crippen LogP contribution in [0.1, 0.15) is 39.0 Å². The summed E-state index contributed by atoms with van der Waals surface area (Å²) in [5, 5.41) is 9.64. The molecule has 1 amide bonds. The van der Waals surface area contributed by atoms with Crippen LogP contribution in [0, 0.1) is 5.82 Å². The Kier molecular flexibility index (Phi) is 4.40. The molecule has 2 aliphatic rings. The first-order chi connectivity index (χ1) is 12.2. The third-order valence-electron chi connectivity index (χ3n) is 5.06. The van der Waals surface area contributed by atoms with Crippen LogP contribution in [0.15, 0.2) is 30.3 Å². The third kappa shape index (κ3) is 3.24. The topological polar surface area (TPSA) is 53.2 Å². The highest BCUT2D eigenvalue weighted by atomic mass is 19.1. The van der Waals surface area contributed by atoms with Gasteiger partial charge in [-0.3, -0.25) is 4.79 Å². The van der Waals surface area contributed by atoms with Crippen LogP contribution in [0.3, 0.4) is 0 Å². The van der Waals surface area contributed by atoms with E-state index in [0.29, 0.717) is 18.7 Å². The van der Waals surface area contributed by atoms with Gasteiger partial charge in [0.1, 0.15) is 5.82 Å². The Hall–Kier alpha value is -2.40. The summed E-state index contributed by atoms with van der Waals surface area (Å²) in [6.45, 7) is 2.89. The van der Waals surface area contributed by atoms with Gasteiger partial charge < -0.3 is 16.0 Å². The minimum atomic E-state index is -0.341. The van der Waals surface area contributed by atoms with Crippen molar-refractivity contribution in [2.45, 2.75) is 32.4 Å². The van der Waals surface area contributed by atoms with Crippen LogP contribution >= 0.6 is 0 Å². The average molecular weight is 339 g/mol. The van der Waals surface area contributed by atoms with E-state index in [9.17, 15) is 9.18 Å². The standard InChI is InChI=1S/C20H22FN3O/c21-15-9-13-6-8-22-12-18(13)17(10-15)20(25)24-11-14-3-1-5-19-16(14)4-2-7-23-19/h1,3,5,9-10,22-23H,2,4,6-8,11-12H2,(H,24,25). The summed E-state index contributed by atoms with van der Waals surface area (Å²) in [7, 11) is 0. The highest BCUT2D eigenvalue weighted by Gasteiger charge is 2.20. The molecule has 2 aliphatic heterocycles. The Balaban J connectivity index is 1.55. The van der Waals surface area contributed by atoms with Crippen molar-refractivity contribution >= 4 is 11.6 Å². The largest absolute Gasteiger partial charge is 0.385 e. The van der Waals surface area contributed by atoms with Crippen molar-refractivity contribution in [3.8, 4) is 0 Å². The summed E-state index contributed by atoms with van der Waals surface area (Å²) in [5.41, 5.74) is 5.86. The van der Waals surface area contributed by atoms with E-state index in [0.717, 1.165) is 54.7 Å². The normalized spacial score (nSPS) is 15.7. The fraction of sp³-hybridized carbons (Fsp3) is 0.350. The monoisotopic (exact) mass is 339 g/mol. The number of benzene rings is 2. The van der Waals surface area contributed by atoms with E-state index >= 15 is 0 Å². The lowest BCUT2D eigenvalue weighted by Crippen LogP contribution is -2.30. The molecule has 0 radical (unpaired) electrons. The van der Waals surface area contributed by atoms with E-state index in [1.807, 2.05) is 6.07 Å². The van der Waals surface area contributed by atoms with Gasteiger partial charge in [-0.25, -0.2) is 4.39 Å². The molecule has 0 fully saturated rings. The van der Waals surface area contributed by atoms with E-state index in [2.05, 4.69) is 28.1 Å². The maximum atomic E-state index is 13.9. The van der Waals surface area contributed by atoms with Crippen molar-refractivity contribution in [2.24, 2.45) is 0 Å². The van der Waals surface area contributed by atoms with Crippen LogP contribution in [0.4, 0.5) is 10.1 Å². The molecule has 0 bridgehead atoms. The molecule has 25 heavy (non-hydrogen) atoms. The van der Waals surface area contributed by atoms with Gasteiger partial charge in [0.25, 0.3) is 5.91 Å². The lowest BCUT2D eigenvalue weighted by Gasteiger charge is -2.22. The van der Waals surface area contributed by atoms with Crippen molar-refractivity contribution in [1.29, 1.82) is 0 Å². The quantitative estimate of drug-likeness (QED) is 0.806. The van der Waals surface area contributed by atoms with Crippen LogP contribution in [-0.2, 0) is 25.9 Å². The van der Waals surface area contributed by atoms with Crippen molar-refractivity contribution in [3.05, 3.63) is 64.0 Å². The number of nitrogens with one attached hydrogen (secondary N) is 3. The summed E-state index contributed by atoms with van der Waals surface area (Å²) in [6, 6.07) is 9.03. The molecule has 4 rings (SSSR count). The number of amides is 1. The predicted molar refractivity (Wildman–Crippen MR) is 96.2 cm³/mol. The summed E-state index contributed by atoms with van der Waals surface area (Å²) in [6.07, 6.45) is 2.87. The smallest absolute Gasteiger partial charge is 0.251 e. The van der Waals surface area contributed by atoms with Crippen LogP contribution < -0.4 is 16.0 Å². The summed E-state index contributed by atoms with van der Waals surface area (Å²) in [4.78, 5) is 12.7. The maximum absolute atomic E-state index is 13.9. The van der Waals surface area contributed by atoms with Gasteiger partial charge in [-0.15, -0.1) is 0 Å². The Morgan fingerprint density at radius 3 is 3.00 bits per heavy atom. The van der Waals surface area contributed by atoms with Crippen molar-refractivity contribution < 1.29 is 9.18 Å². The average Bonchev–Trinajstić information content (AvgIpc) is 2.65. The second kappa shape index (κ2) is 6.84. The first kappa shape index (κ1) is 16.1. The Bertz CT molecular complexity index is 819. The Morgan fingerprint density at radius 1 is 1.16 bits per heavy atom. The van der Waals surface area contributed by atoms with E-state index in [-0.39, 0.29) is 11.7 Å². The molecule has 0 aliphatic carbocycles. The van der Waals surface area contributed by atoms with Crippen LogP contribution in [0.5, 0.6) is 0 Å². The molecule has 0 saturated heterocycles. The summed E-state index contributed by atoms with van der Waals surface area (Å²) < 4.78 is 13.9. The maximum Gasteiger partial charge on any atom is 0.251 e. The third-order valence-corrected chi connectivity index (χ3v) is 5.06. The van der Waals surface area contributed by atoms with E-state index in [1.165, 1.54) is 11.6 Å². The van der Waals surface area contributed by atoms with Gasteiger partial charge in [-0.05, 0) is 66.3 Å². The lowest BCUT2D eigenvalue weighted by molar-refractivity contribution is 0.0949. The highest BCUT2D eigenvalue weighted by molar-refractivity contribution is 5.96. The number of carbonyl (C=O) groups excluding carboxylic acids is 1. The molecule has 0 saturated carbocycles. The summed E-state index contributed by atoms with van der Waals surface area (Å²) in [5.74, 6) is -0.548.